The number of fused-ring (bicyclic) bond motifs is 1. The van der Waals surface area contributed by atoms with Gasteiger partial charge in [-0.3, -0.25) is 9.59 Å². The number of carbonyl (C=O) groups excluding carboxylic acids is 2. The zero-order valence-electron chi connectivity index (χ0n) is 13.1. The summed E-state index contributed by atoms with van der Waals surface area (Å²) >= 11 is 1.67. The monoisotopic (exact) mass is 298 g/mol. The van der Waals surface area contributed by atoms with Crippen LogP contribution in [0.1, 0.15) is 54.9 Å². The van der Waals surface area contributed by atoms with Crippen molar-refractivity contribution in [3.63, 3.8) is 0 Å². The largest absolute Gasteiger partial charge is 0.366 e. The Bertz CT molecular complexity index is 428. The van der Waals surface area contributed by atoms with Crippen LogP contribution >= 0.6 is 11.3 Å². The van der Waals surface area contributed by atoms with Crippen LogP contribution in [0.15, 0.2) is 5.38 Å². The molecule has 114 valence electrons. The predicted octanol–water partition coefficient (Wildman–Crippen LogP) is 2.75. The van der Waals surface area contributed by atoms with Crippen molar-refractivity contribution in [1.82, 2.24) is 5.32 Å². The van der Waals surface area contributed by atoms with Gasteiger partial charge in [0.05, 0.1) is 5.56 Å². The lowest BCUT2D eigenvalue weighted by molar-refractivity contribution is -0.109. The van der Waals surface area contributed by atoms with E-state index in [4.69, 9.17) is 10.5 Å². The van der Waals surface area contributed by atoms with Crippen LogP contribution in [0.2, 0.25) is 0 Å². The smallest absolute Gasteiger partial charge is 0.249 e. The third-order valence-corrected chi connectivity index (χ3v) is 3.28. The van der Waals surface area contributed by atoms with Crippen molar-refractivity contribution >= 4 is 23.7 Å². The fourth-order valence-electron chi connectivity index (χ4n) is 1.54. The van der Waals surface area contributed by atoms with Crippen LogP contribution in [-0.2, 0) is 17.6 Å². The van der Waals surface area contributed by atoms with Gasteiger partial charge in [0.1, 0.15) is 0 Å². The van der Waals surface area contributed by atoms with Gasteiger partial charge in [-0.05, 0) is 30.2 Å². The van der Waals surface area contributed by atoms with Crippen LogP contribution in [0, 0.1) is 5.41 Å². The summed E-state index contributed by atoms with van der Waals surface area (Å²) < 4.78 is 0. The van der Waals surface area contributed by atoms with Crippen LogP contribution in [0.25, 0.3) is 0 Å². The lowest BCUT2D eigenvalue weighted by Gasteiger charge is -2.05. The summed E-state index contributed by atoms with van der Waals surface area (Å²) in [7, 11) is 1.56. The molecule has 1 aromatic heterocycles. The predicted molar refractivity (Wildman–Crippen MR) is 85.1 cm³/mol. The van der Waals surface area contributed by atoms with Crippen molar-refractivity contribution in [3.05, 3.63) is 21.4 Å². The van der Waals surface area contributed by atoms with Gasteiger partial charge < -0.3 is 11.1 Å². The fraction of sp³-hybridized carbons (Fsp3) is 0.600. The van der Waals surface area contributed by atoms with Crippen molar-refractivity contribution in [2.24, 2.45) is 11.1 Å². The number of amides is 2. The maximum atomic E-state index is 10.9. The van der Waals surface area contributed by atoms with Gasteiger partial charge in [-0.25, -0.2) is 0 Å². The van der Waals surface area contributed by atoms with Crippen molar-refractivity contribution in [2.45, 2.75) is 47.0 Å². The van der Waals surface area contributed by atoms with Crippen LogP contribution in [0.3, 0.4) is 0 Å². The molecule has 0 saturated heterocycles. The standard InChI is InChI=1S/C8H9NOS.C5H12.C2H5NO/c9-8(10)6-4-11-7-3-1-2-5(6)7;1-5(2,3)4;1-3-2-4/h4H,1-3H2,(H2,9,10);1-4H3;2H,1H3,(H,3,4). The van der Waals surface area contributed by atoms with Gasteiger partial charge in [0.2, 0.25) is 12.3 Å². The molecule has 5 heteroatoms. The molecular formula is C15H26N2O2S. The average molecular weight is 298 g/mol. The highest BCUT2D eigenvalue weighted by Crippen LogP contribution is 2.30. The van der Waals surface area contributed by atoms with Gasteiger partial charge in [-0.2, -0.15) is 0 Å². The molecule has 3 N–H and O–H groups in total. The number of rotatable bonds is 2. The Kier molecular flexibility index (Phi) is 8.15. The van der Waals surface area contributed by atoms with Crippen LogP contribution in [0.5, 0.6) is 0 Å². The van der Waals surface area contributed by atoms with E-state index in [0.717, 1.165) is 18.4 Å². The molecule has 0 spiro atoms. The van der Waals surface area contributed by atoms with Crippen LogP contribution in [0.4, 0.5) is 0 Å². The molecule has 2 amide bonds. The summed E-state index contributed by atoms with van der Waals surface area (Å²) in [5.74, 6) is -0.274. The van der Waals surface area contributed by atoms with Gasteiger partial charge in [-0.15, -0.1) is 11.3 Å². The van der Waals surface area contributed by atoms with E-state index in [1.54, 1.807) is 18.4 Å². The number of hydrogen-bond acceptors (Lipinski definition) is 3. The molecule has 0 unspecified atom stereocenters. The van der Waals surface area contributed by atoms with Gasteiger partial charge in [0.25, 0.3) is 0 Å². The first-order chi connectivity index (χ1) is 9.20. The van der Waals surface area contributed by atoms with E-state index in [9.17, 15) is 4.79 Å². The summed E-state index contributed by atoms with van der Waals surface area (Å²) in [5, 5.41) is 4.13. The lowest BCUT2D eigenvalue weighted by atomic mass is 10.0. The Morgan fingerprint density at radius 3 is 2.25 bits per heavy atom. The summed E-state index contributed by atoms with van der Waals surface area (Å²) in [5.41, 5.74) is 7.66. The molecule has 0 aromatic carbocycles. The first kappa shape index (κ1) is 18.6. The maximum absolute atomic E-state index is 10.9. The highest BCUT2D eigenvalue weighted by Gasteiger charge is 2.19. The minimum absolute atomic E-state index is 0.274. The third-order valence-electron chi connectivity index (χ3n) is 2.19. The molecular weight excluding hydrogens is 272 g/mol. The average Bonchev–Trinajstić information content (AvgIpc) is 2.87. The Balaban J connectivity index is 0.000000340. The quantitative estimate of drug-likeness (QED) is 0.824. The molecule has 0 atom stereocenters. The number of carbonyl (C=O) groups is 2. The molecule has 0 fully saturated rings. The van der Waals surface area contributed by atoms with Gasteiger partial charge in [0, 0.05) is 17.3 Å². The second-order valence-electron chi connectivity index (χ2n) is 6.18. The zero-order chi connectivity index (χ0) is 15.8. The molecule has 0 bridgehead atoms. The van der Waals surface area contributed by atoms with E-state index >= 15 is 0 Å². The van der Waals surface area contributed by atoms with E-state index in [0.29, 0.717) is 11.8 Å². The fourth-order valence-corrected chi connectivity index (χ4v) is 2.67. The summed E-state index contributed by atoms with van der Waals surface area (Å²) in [6, 6.07) is 0. The van der Waals surface area contributed by atoms with E-state index < -0.39 is 0 Å². The minimum atomic E-state index is -0.274. The first-order valence-electron chi connectivity index (χ1n) is 6.70. The normalized spacial score (nSPS) is 12.2. The number of nitrogens with one attached hydrogen (secondary N) is 1. The maximum Gasteiger partial charge on any atom is 0.249 e. The number of nitrogens with two attached hydrogens (primary N) is 1. The SMILES string of the molecule is CC(C)(C)C.CNC=O.NC(=O)c1csc2c1CCC2. The molecule has 1 heterocycles. The zero-order valence-corrected chi connectivity index (χ0v) is 13.9. The Hall–Kier alpha value is -1.36. The molecule has 0 aliphatic heterocycles. The van der Waals surface area contributed by atoms with E-state index in [-0.39, 0.29) is 5.91 Å². The highest BCUT2D eigenvalue weighted by atomic mass is 32.1. The van der Waals surface area contributed by atoms with Crippen molar-refractivity contribution in [2.75, 3.05) is 7.05 Å². The third kappa shape index (κ3) is 7.94. The van der Waals surface area contributed by atoms with Crippen LogP contribution < -0.4 is 11.1 Å². The lowest BCUT2D eigenvalue weighted by Crippen LogP contribution is -2.11. The number of primary amides is 1. The van der Waals surface area contributed by atoms with Gasteiger partial charge in [0.15, 0.2) is 0 Å². The van der Waals surface area contributed by atoms with Gasteiger partial charge >= 0.3 is 0 Å². The minimum Gasteiger partial charge on any atom is -0.366 e. The molecule has 1 aliphatic carbocycles. The Morgan fingerprint density at radius 1 is 1.35 bits per heavy atom. The van der Waals surface area contributed by atoms with E-state index in [1.807, 2.05) is 5.38 Å². The Morgan fingerprint density at radius 2 is 1.85 bits per heavy atom. The summed E-state index contributed by atoms with van der Waals surface area (Å²) in [6.45, 7) is 8.75. The number of thiophene rings is 1. The van der Waals surface area contributed by atoms with Crippen molar-refractivity contribution in [1.29, 1.82) is 0 Å². The molecule has 2 rings (SSSR count). The first-order valence-corrected chi connectivity index (χ1v) is 7.58. The van der Waals surface area contributed by atoms with Crippen molar-refractivity contribution < 1.29 is 9.59 Å². The topological polar surface area (TPSA) is 72.2 Å². The molecule has 20 heavy (non-hydrogen) atoms. The summed E-state index contributed by atoms with van der Waals surface area (Å²) in [4.78, 5) is 21.3. The number of aryl methyl sites for hydroxylation is 1. The van der Waals surface area contributed by atoms with Crippen LogP contribution in [-0.4, -0.2) is 19.4 Å². The van der Waals surface area contributed by atoms with E-state index in [2.05, 4.69) is 33.0 Å². The molecule has 4 nitrogen and oxygen atoms in total. The van der Waals surface area contributed by atoms with Gasteiger partial charge in [-0.1, -0.05) is 27.7 Å². The highest BCUT2D eigenvalue weighted by molar-refractivity contribution is 7.10. The number of hydrogen-bond donors (Lipinski definition) is 2. The Labute approximate surface area is 125 Å². The molecule has 0 radical (unpaired) electrons. The van der Waals surface area contributed by atoms with Crippen molar-refractivity contribution in [3.8, 4) is 0 Å². The molecule has 0 saturated carbocycles. The van der Waals surface area contributed by atoms with E-state index in [1.165, 1.54) is 16.9 Å². The summed E-state index contributed by atoms with van der Waals surface area (Å²) in [6.07, 6.45) is 3.98. The second-order valence-corrected chi connectivity index (χ2v) is 7.14. The molecule has 1 aliphatic rings. The molecule has 1 aromatic rings. The second kappa shape index (κ2) is 8.74.